The first-order chi connectivity index (χ1) is 62.2. The zero-order chi connectivity index (χ0) is 88.5. The molecule has 21 rings (SSSR count). The van der Waals surface area contributed by atoms with E-state index in [0.29, 0.717) is 0 Å². The predicted octanol–water partition coefficient (Wildman–Crippen LogP) is 37.5. The summed E-state index contributed by atoms with van der Waals surface area (Å²) in [5.41, 5.74) is 36.9. The summed E-state index contributed by atoms with van der Waals surface area (Å²) in [6.07, 6.45) is 2.00. The van der Waals surface area contributed by atoms with E-state index in [9.17, 15) is 0 Å². The molecule has 0 amide bonds. The van der Waals surface area contributed by atoms with E-state index in [2.05, 4.69) is 570 Å². The lowest BCUT2D eigenvalue weighted by atomic mass is 9.81. The molecule has 0 atom stereocenters. The van der Waals surface area contributed by atoms with Gasteiger partial charge < -0.3 is 14.7 Å². The van der Waals surface area contributed by atoms with Crippen molar-refractivity contribution in [1.29, 1.82) is 0 Å². The Morgan fingerprint density at radius 1 is 0.171 bits per heavy atom. The number of anilines is 9. The third-order valence-corrected chi connectivity index (χ3v) is 27.2. The number of fused-ring (bicyclic) bond motifs is 9. The number of nitrogens with zero attached hydrogens (tertiary/aromatic N) is 3. The summed E-state index contributed by atoms with van der Waals surface area (Å²) in [6, 6.07) is 158. The fourth-order valence-corrected chi connectivity index (χ4v) is 22.3. The van der Waals surface area contributed by atoms with Gasteiger partial charge >= 0.3 is 0 Å². The molecule has 0 heterocycles. The highest BCUT2D eigenvalue weighted by molar-refractivity contribution is 9.12. The summed E-state index contributed by atoms with van der Waals surface area (Å²) in [4.78, 5) is 7.01. The molecule has 0 bridgehead atoms. The molecule has 0 aromatic heterocycles. The maximum Gasteiger partial charge on any atom is 0.0493 e. The smallest absolute Gasteiger partial charge is 0.0493 e. The molecule has 0 N–H and O–H groups in total. The molecule has 3 aliphatic rings. The number of benzene rings is 18. The average Bonchev–Trinajstić information content (AvgIpc) is 1.60. The van der Waals surface area contributed by atoms with E-state index >= 15 is 0 Å². The molecule has 636 valence electrons. The summed E-state index contributed by atoms with van der Waals surface area (Å²) in [6.45, 7) is 14.0. The van der Waals surface area contributed by atoms with Gasteiger partial charge in [-0.2, -0.15) is 0 Å². The van der Waals surface area contributed by atoms with Crippen LogP contribution in [0.25, 0.3) is 55.6 Å². The van der Waals surface area contributed by atoms with Gasteiger partial charge in [-0.1, -0.05) is 460 Å². The number of hydrogen-bond acceptors (Lipinski definition) is 3. The number of hydrogen-bond donors (Lipinski definition) is 0. The van der Waals surface area contributed by atoms with Crippen molar-refractivity contribution in [3.8, 4) is 55.6 Å². The van der Waals surface area contributed by atoms with E-state index in [0.717, 1.165) is 90.9 Å². The van der Waals surface area contributed by atoms with Crippen LogP contribution in [0.1, 0.15) is 105 Å². The van der Waals surface area contributed by atoms with Gasteiger partial charge in [0, 0.05) is 94.3 Å². The monoisotopic (exact) mass is 2060 g/mol. The van der Waals surface area contributed by atoms with Gasteiger partial charge in [-0.3, -0.25) is 0 Å². The predicted molar refractivity (Wildman–Crippen MR) is 571 cm³/mol. The first kappa shape index (κ1) is 90.6. The molecular weight excluding hydrogens is 1960 g/mol. The van der Waals surface area contributed by atoms with Crippen molar-refractivity contribution in [3.05, 3.63) is 525 Å². The van der Waals surface area contributed by atoms with E-state index in [-0.39, 0.29) is 23.7 Å². The highest BCUT2D eigenvalue weighted by Gasteiger charge is 2.39. The fraction of sp³-hybridized carbons (Fsp3) is 0.100. The number of halogens is 6. The van der Waals surface area contributed by atoms with Crippen LogP contribution in [0.2, 0.25) is 0 Å². The van der Waals surface area contributed by atoms with Gasteiger partial charge in [-0.25, -0.2) is 0 Å². The van der Waals surface area contributed by atoms with Gasteiger partial charge in [0.1, 0.15) is 0 Å². The van der Waals surface area contributed by atoms with Gasteiger partial charge in [0.2, 0.25) is 0 Å². The molecule has 0 radical (unpaired) electrons. The van der Waals surface area contributed by atoms with Crippen LogP contribution in [-0.4, -0.2) is 0 Å². The van der Waals surface area contributed by atoms with Crippen LogP contribution in [-0.2, 0) is 29.1 Å². The lowest BCUT2D eigenvalue weighted by molar-refractivity contribution is 0.659. The molecule has 0 aliphatic heterocycles. The normalized spacial score (nSPS) is 12.5. The first-order valence-electron chi connectivity index (χ1n) is 43.2. The van der Waals surface area contributed by atoms with Crippen LogP contribution in [0.5, 0.6) is 0 Å². The molecule has 129 heavy (non-hydrogen) atoms. The summed E-state index contributed by atoms with van der Waals surface area (Å²) in [5, 5.41) is 0. The van der Waals surface area contributed by atoms with Crippen molar-refractivity contribution < 1.29 is 0 Å². The van der Waals surface area contributed by atoms with Crippen LogP contribution in [0.4, 0.5) is 51.2 Å². The standard InChI is InChI=1S/C45H35BrN2.C27H21Br2N.C22H20.C19H16.C6H3Br3.CH4/c1-45(2)43-21-13-12-20-41(43)42-27-26-38(31-44(42)45)48(36-18-10-5-11-19-36)40-29-34(46)28-39(30-40)47(35-16-8-4-9-17-35)37-24-22-33(23-25-37)32-14-6-3-7-15-32;1-27(2)25-11-7-6-10-23(25)24-13-12-21(17-26(24)27)30(20-8-4-3-5-9-20)22-15-18(28)14-19(29)16-22;1-22(2)20-11-7-6-10-18(20)19-13-12-17(15-21(19)22)14-16-8-4-3-5-9-16;1-3-7-16(8-4-1)15-17-11-13-19(14-12-17)18-9-5-2-6-10-18;7-4-1-5(8)3-6(9)2-4;/h3-31H,1-2H3;3-17H,1-2H3;3-13,15H,14H2,1-2H3;1-14H,15H2;1-3H;1H4. The quantitative estimate of drug-likeness (QED) is 0.101. The van der Waals surface area contributed by atoms with Crippen LogP contribution in [0, 0.1) is 0 Å². The summed E-state index contributed by atoms with van der Waals surface area (Å²) in [7, 11) is 0. The first-order valence-corrected chi connectivity index (χ1v) is 48.0. The minimum absolute atomic E-state index is 0. The minimum atomic E-state index is -0.0945. The van der Waals surface area contributed by atoms with Crippen molar-refractivity contribution in [1.82, 2.24) is 0 Å². The van der Waals surface area contributed by atoms with Gasteiger partial charge in [0.25, 0.3) is 0 Å². The van der Waals surface area contributed by atoms with Crippen molar-refractivity contribution in [2.75, 3.05) is 14.7 Å². The highest BCUT2D eigenvalue weighted by Crippen LogP contribution is 2.55. The lowest BCUT2D eigenvalue weighted by Gasteiger charge is -2.31. The van der Waals surface area contributed by atoms with E-state index < -0.39 is 0 Å². The third-order valence-electron chi connectivity index (χ3n) is 24.5. The molecule has 9 heteroatoms. The Morgan fingerprint density at radius 3 is 0.760 bits per heavy atom. The van der Waals surface area contributed by atoms with Crippen molar-refractivity contribution in [3.63, 3.8) is 0 Å². The zero-order valence-electron chi connectivity index (χ0n) is 72.2. The van der Waals surface area contributed by atoms with Crippen LogP contribution >= 0.6 is 95.6 Å². The Bertz CT molecular complexity index is 6820. The topological polar surface area (TPSA) is 9.72 Å². The minimum Gasteiger partial charge on any atom is -0.310 e. The SMILES string of the molecule is Brc1cc(Br)cc(Br)c1.C.CC1(C)c2ccccc2-c2ccc(Cc3ccccc3)cc21.CC1(C)c2ccccc2-c2ccc(N(c3ccccc3)c3cc(Br)cc(Br)c3)cc21.CC1(C)c2ccccc2-c2ccc(N(c3ccccc3)c3cc(Br)cc(N(c4ccccc4)c4ccc(-c5ccccc5)cc4)c3)cc21.c1ccc(Cc2ccc(-c3ccccc3)cc2)cc1. The Morgan fingerprint density at radius 2 is 0.395 bits per heavy atom. The van der Waals surface area contributed by atoms with Crippen LogP contribution < -0.4 is 14.7 Å². The van der Waals surface area contributed by atoms with Gasteiger partial charge in [0.05, 0.1) is 0 Å². The van der Waals surface area contributed by atoms with Crippen molar-refractivity contribution in [2.45, 2.75) is 78.1 Å². The van der Waals surface area contributed by atoms with Crippen molar-refractivity contribution in [2.24, 2.45) is 0 Å². The van der Waals surface area contributed by atoms with E-state index in [1.165, 1.54) is 111 Å². The zero-order valence-corrected chi connectivity index (χ0v) is 81.7. The second kappa shape index (κ2) is 40.5. The number of rotatable bonds is 15. The molecule has 3 nitrogen and oxygen atoms in total. The van der Waals surface area contributed by atoms with E-state index in [1.807, 2.05) is 24.3 Å². The lowest BCUT2D eigenvalue weighted by Crippen LogP contribution is -2.17. The van der Waals surface area contributed by atoms with Gasteiger partial charge in [0.15, 0.2) is 0 Å². The van der Waals surface area contributed by atoms with Gasteiger partial charge in [-0.05, 0) is 252 Å². The Hall–Kier alpha value is -11.8. The molecule has 0 saturated carbocycles. The molecule has 18 aromatic carbocycles. The van der Waals surface area contributed by atoms with Crippen LogP contribution in [0.3, 0.4) is 0 Å². The largest absolute Gasteiger partial charge is 0.310 e. The molecule has 0 unspecified atom stereocenters. The molecule has 3 aliphatic carbocycles. The molecule has 18 aromatic rings. The molecule has 0 saturated heterocycles. The second-order valence-corrected chi connectivity index (χ2v) is 39.5. The van der Waals surface area contributed by atoms with E-state index in [4.69, 9.17) is 0 Å². The van der Waals surface area contributed by atoms with Gasteiger partial charge in [-0.15, -0.1) is 0 Å². The van der Waals surface area contributed by atoms with Crippen LogP contribution in [0.15, 0.2) is 470 Å². The Kier molecular flexibility index (Phi) is 28.4. The van der Waals surface area contributed by atoms with Crippen molar-refractivity contribution >= 4 is 147 Å². The van der Waals surface area contributed by atoms with E-state index in [1.54, 1.807) is 0 Å². The Balaban J connectivity index is 0.000000129. The summed E-state index contributed by atoms with van der Waals surface area (Å²) >= 11 is 21.3. The molecular formula is C120H99Br6N3. The number of para-hydroxylation sites is 3. The Labute approximate surface area is 812 Å². The highest BCUT2D eigenvalue weighted by atomic mass is 79.9. The maximum atomic E-state index is 3.92. The average molecular weight is 2060 g/mol. The fourth-order valence-electron chi connectivity index (χ4n) is 18.1. The third kappa shape index (κ3) is 20.5. The summed E-state index contributed by atoms with van der Waals surface area (Å²) < 4.78 is 6.31. The maximum absolute atomic E-state index is 3.92. The second-order valence-electron chi connectivity index (χ2n) is 34.0. The molecule has 0 fully saturated rings. The molecule has 0 spiro atoms. The summed E-state index contributed by atoms with van der Waals surface area (Å²) in [5.74, 6) is 0.